The summed E-state index contributed by atoms with van der Waals surface area (Å²) in [5, 5.41) is 11.3. The van der Waals surface area contributed by atoms with Gasteiger partial charge in [0, 0.05) is 19.0 Å². The molecule has 0 spiro atoms. The van der Waals surface area contributed by atoms with Crippen LogP contribution in [0.4, 0.5) is 13.2 Å². The Morgan fingerprint density at radius 3 is 2.96 bits per heavy atom. The average Bonchev–Trinajstić information content (AvgIpc) is 3.32. The van der Waals surface area contributed by atoms with Gasteiger partial charge in [-0.25, -0.2) is 0 Å². The van der Waals surface area contributed by atoms with Crippen molar-refractivity contribution in [3.05, 3.63) is 17.5 Å². The van der Waals surface area contributed by atoms with Crippen LogP contribution in [0.2, 0.25) is 0 Å². The molecule has 0 unspecified atom stereocenters. The van der Waals surface area contributed by atoms with Gasteiger partial charge < -0.3 is 9.47 Å². The molecule has 0 radical (unpaired) electrons. The molecular weight excluding hydrogens is 387 g/mol. The second-order valence-electron chi connectivity index (χ2n) is 5.90. The first-order chi connectivity index (χ1) is 12.5. The van der Waals surface area contributed by atoms with Crippen LogP contribution in [0.1, 0.15) is 19.3 Å². The van der Waals surface area contributed by atoms with E-state index in [4.69, 9.17) is 4.74 Å². The van der Waals surface area contributed by atoms with Gasteiger partial charge in [-0.2, -0.15) is 13.2 Å². The summed E-state index contributed by atoms with van der Waals surface area (Å²) in [6.45, 7) is 0.340. The van der Waals surface area contributed by atoms with Gasteiger partial charge >= 0.3 is 6.18 Å². The molecule has 0 aromatic carbocycles. The third-order valence-electron chi connectivity index (χ3n) is 3.80. The Balaban J connectivity index is 1.57. The minimum Gasteiger partial charge on any atom is -0.376 e. The van der Waals surface area contributed by atoms with E-state index in [2.05, 4.69) is 19.5 Å². The first kappa shape index (κ1) is 19.7. The van der Waals surface area contributed by atoms with Crippen LogP contribution in [0, 0.1) is 0 Å². The highest BCUT2D eigenvalue weighted by Gasteiger charge is 2.27. The van der Waals surface area contributed by atoms with Gasteiger partial charge in [-0.1, -0.05) is 17.8 Å². The first-order valence-corrected chi connectivity index (χ1v) is 10.3. The van der Waals surface area contributed by atoms with Crippen LogP contribution in [0.3, 0.4) is 0 Å². The van der Waals surface area contributed by atoms with Crippen molar-refractivity contribution in [2.24, 2.45) is 0 Å². The smallest absolute Gasteiger partial charge is 0.376 e. The Kier molecular flexibility index (Phi) is 6.96. The number of ether oxygens (including phenoxy) is 2. The highest BCUT2D eigenvalue weighted by Crippen LogP contribution is 2.29. The van der Waals surface area contributed by atoms with Gasteiger partial charge in [0.2, 0.25) is 0 Å². The van der Waals surface area contributed by atoms with Crippen molar-refractivity contribution in [3.8, 4) is 10.7 Å². The average molecular weight is 407 g/mol. The fourth-order valence-corrected chi connectivity index (χ4v) is 4.23. The predicted octanol–water partition coefficient (Wildman–Crippen LogP) is 4.25. The second kappa shape index (κ2) is 9.20. The third-order valence-corrected chi connectivity index (χ3v) is 5.72. The Bertz CT molecular complexity index is 671. The molecule has 144 valence electrons. The van der Waals surface area contributed by atoms with E-state index in [1.54, 1.807) is 11.3 Å². The summed E-state index contributed by atoms with van der Waals surface area (Å²) in [5.41, 5.74) is 0. The fourth-order valence-electron chi connectivity index (χ4n) is 2.65. The maximum Gasteiger partial charge on any atom is 0.411 e. The number of thioether (sulfide) groups is 1. The van der Waals surface area contributed by atoms with E-state index < -0.39 is 12.8 Å². The molecule has 2 aromatic rings. The molecular formula is C16H20F3N3O2S2. The highest BCUT2D eigenvalue weighted by molar-refractivity contribution is 7.99. The summed E-state index contributed by atoms with van der Waals surface area (Å²) in [6.07, 6.45) is -1.54. The number of hydrogen-bond donors (Lipinski definition) is 0. The summed E-state index contributed by atoms with van der Waals surface area (Å²) < 4.78 is 48.6. The Labute approximate surface area is 157 Å². The van der Waals surface area contributed by atoms with Crippen LogP contribution < -0.4 is 0 Å². The van der Waals surface area contributed by atoms with E-state index in [1.807, 2.05) is 17.5 Å². The molecule has 0 saturated carbocycles. The van der Waals surface area contributed by atoms with Crippen LogP contribution in [-0.2, 0) is 16.0 Å². The summed E-state index contributed by atoms with van der Waals surface area (Å²) in [6, 6.07) is 3.97. The van der Waals surface area contributed by atoms with Gasteiger partial charge in [0.15, 0.2) is 11.0 Å². The van der Waals surface area contributed by atoms with E-state index in [0.29, 0.717) is 18.7 Å². The minimum absolute atomic E-state index is 0.0736. The maximum atomic E-state index is 12.1. The lowest BCUT2D eigenvalue weighted by molar-refractivity contribution is -0.173. The molecule has 0 N–H and O–H groups in total. The fraction of sp³-hybridized carbons (Fsp3) is 0.625. The van der Waals surface area contributed by atoms with Crippen LogP contribution in [-0.4, -0.2) is 52.6 Å². The lowest BCUT2D eigenvalue weighted by atomic mass is 10.2. The van der Waals surface area contributed by atoms with Crippen molar-refractivity contribution >= 4 is 23.1 Å². The number of halogens is 3. The number of alkyl halides is 3. The highest BCUT2D eigenvalue weighted by atomic mass is 32.2. The van der Waals surface area contributed by atoms with Gasteiger partial charge in [0.05, 0.1) is 17.5 Å². The lowest BCUT2D eigenvalue weighted by Gasteiger charge is -2.14. The number of nitrogens with zero attached hydrogens (tertiary/aromatic N) is 3. The summed E-state index contributed by atoms with van der Waals surface area (Å²) in [4.78, 5) is 1.04. The number of thiophene rings is 1. The normalized spacial score (nSPS) is 17.9. The Morgan fingerprint density at radius 1 is 1.38 bits per heavy atom. The standard InChI is InChI=1S/C16H20F3N3O2S2/c17-16(18,19)11-23-6-3-9-26-15-21-20-14(13-5-2-8-25-13)22(15)10-12-4-1-7-24-12/h2,5,8,12H,1,3-4,6-7,9-11H2/t12-/m0/s1. The molecule has 0 aliphatic carbocycles. The maximum absolute atomic E-state index is 12.1. The predicted molar refractivity (Wildman–Crippen MR) is 94.5 cm³/mol. The van der Waals surface area contributed by atoms with Crippen molar-refractivity contribution in [2.75, 3.05) is 25.6 Å². The van der Waals surface area contributed by atoms with Gasteiger partial charge in [-0.3, -0.25) is 4.57 Å². The van der Waals surface area contributed by atoms with Crippen LogP contribution >= 0.6 is 23.1 Å². The Morgan fingerprint density at radius 2 is 2.27 bits per heavy atom. The van der Waals surface area contributed by atoms with Crippen LogP contribution in [0.25, 0.3) is 10.7 Å². The zero-order chi connectivity index (χ0) is 18.4. The number of hydrogen-bond acceptors (Lipinski definition) is 6. The zero-order valence-corrected chi connectivity index (χ0v) is 15.7. The van der Waals surface area contributed by atoms with Crippen molar-refractivity contribution in [3.63, 3.8) is 0 Å². The minimum atomic E-state index is -4.27. The first-order valence-electron chi connectivity index (χ1n) is 8.39. The molecule has 2 aromatic heterocycles. The van der Waals surface area contributed by atoms with E-state index in [0.717, 1.165) is 35.3 Å². The SMILES string of the molecule is FC(F)(F)COCCCSc1nnc(-c2cccs2)n1C[C@@H]1CCCO1. The molecule has 10 heteroatoms. The van der Waals surface area contributed by atoms with Gasteiger partial charge in [-0.15, -0.1) is 21.5 Å². The van der Waals surface area contributed by atoms with Crippen LogP contribution in [0.5, 0.6) is 0 Å². The lowest BCUT2D eigenvalue weighted by Crippen LogP contribution is -2.17. The molecule has 1 atom stereocenters. The molecule has 5 nitrogen and oxygen atoms in total. The monoisotopic (exact) mass is 407 g/mol. The van der Waals surface area contributed by atoms with E-state index in [1.165, 1.54) is 11.8 Å². The van der Waals surface area contributed by atoms with Crippen LogP contribution in [0.15, 0.2) is 22.7 Å². The Hall–Kier alpha value is -1.10. The molecule has 3 rings (SSSR count). The van der Waals surface area contributed by atoms with Gasteiger partial charge in [0.25, 0.3) is 0 Å². The molecule has 3 heterocycles. The van der Waals surface area contributed by atoms with Gasteiger partial charge in [0.1, 0.15) is 6.61 Å². The molecule has 1 aliphatic rings. The third kappa shape index (κ3) is 5.70. The summed E-state index contributed by atoms with van der Waals surface area (Å²) in [7, 11) is 0. The van der Waals surface area contributed by atoms with Crippen molar-refractivity contribution in [1.29, 1.82) is 0 Å². The second-order valence-corrected chi connectivity index (χ2v) is 7.91. The molecule has 26 heavy (non-hydrogen) atoms. The number of rotatable bonds is 9. The topological polar surface area (TPSA) is 49.2 Å². The van der Waals surface area contributed by atoms with Crippen molar-refractivity contribution in [2.45, 2.75) is 43.2 Å². The van der Waals surface area contributed by atoms with Crippen molar-refractivity contribution in [1.82, 2.24) is 14.8 Å². The molecule has 0 bridgehead atoms. The largest absolute Gasteiger partial charge is 0.411 e. The molecule has 1 aliphatic heterocycles. The summed E-state index contributed by atoms with van der Waals surface area (Å²) >= 11 is 3.08. The van der Waals surface area contributed by atoms with E-state index in [9.17, 15) is 13.2 Å². The molecule has 1 saturated heterocycles. The molecule has 0 amide bonds. The van der Waals surface area contributed by atoms with E-state index in [-0.39, 0.29) is 12.7 Å². The summed E-state index contributed by atoms with van der Waals surface area (Å²) in [5.74, 6) is 1.43. The molecule has 1 fully saturated rings. The van der Waals surface area contributed by atoms with Crippen molar-refractivity contribution < 1.29 is 22.6 Å². The zero-order valence-electron chi connectivity index (χ0n) is 14.1. The van der Waals surface area contributed by atoms with E-state index >= 15 is 0 Å². The number of aromatic nitrogens is 3. The van der Waals surface area contributed by atoms with Gasteiger partial charge in [-0.05, 0) is 30.7 Å². The quantitative estimate of drug-likeness (QED) is 0.460.